The average Bonchev–Trinajstić information content (AvgIpc) is 2.30. The zero-order valence-electron chi connectivity index (χ0n) is 9.31. The summed E-state index contributed by atoms with van der Waals surface area (Å²) in [6.45, 7) is 10.6. The van der Waals surface area contributed by atoms with E-state index in [0.717, 1.165) is 6.42 Å². The van der Waals surface area contributed by atoms with Gasteiger partial charge in [0.25, 0.3) is 0 Å². The van der Waals surface area contributed by atoms with Crippen LogP contribution in [0.2, 0.25) is 0 Å². The third-order valence-electron chi connectivity index (χ3n) is 3.48. The largest absolute Gasteiger partial charge is 0.392 e. The molecule has 1 rings (SSSR count). The van der Waals surface area contributed by atoms with E-state index in [0.29, 0.717) is 0 Å². The van der Waals surface area contributed by atoms with E-state index in [1.54, 1.807) is 0 Å². The second-order valence-corrected chi connectivity index (χ2v) is 4.07. The van der Waals surface area contributed by atoms with E-state index >= 15 is 0 Å². The van der Waals surface area contributed by atoms with Gasteiger partial charge in [0.2, 0.25) is 0 Å². The first-order chi connectivity index (χ1) is 6.00. The molecule has 1 atom stereocenters. The van der Waals surface area contributed by atoms with Crippen LogP contribution in [0.25, 0.3) is 0 Å². The van der Waals surface area contributed by atoms with Gasteiger partial charge >= 0.3 is 0 Å². The van der Waals surface area contributed by atoms with Gasteiger partial charge in [-0.2, -0.15) is 0 Å². The molecule has 0 radical (unpaired) electrons. The summed E-state index contributed by atoms with van der Waals surface area (Å²) in [4.78, 5) is 0. The number of allylic oxidation sites excluding steroid dienone is 2. The Bertz CT molecular complexity index is 247. The first-order valence-electron chi connectivity index (χ1n) is 5.03. The predicted molar refractivity (Wildman–Crippen MR) is 56.5 cm³/mol. The molecule has 1 N–H and O–H groups in total. The number of hydrogen-bond acceptors (Lipinski definition) is 1. The standard InChI is InChI=1S/C12H20O/c1-6-11(13)12-9(4)7(2)8(3)10(12)5/h11-13H,6H2,1-5H3. The van der Waals surface area contributed by atoms with Crippen LogP contribution in [0.3, 0.4) is 0 Å². The smallest absolute Gasteiger partial charge is 0.0640 e. The zero-order valence-corrected chi connectivity index (χ0v) is 9.31. The lowest BCUT2D eigenvalue weighted by Gasteiger charge is -2.20. The molecular weight excluding hydrogens is 160 g/mol. The van der Waals surface area contributed by atoms with Crippen molar-refractivity contribution in [2.75, 3.05) is 0 Å². The van der Waals surface area contributed by atoms with Gasteiger partial charge in [-0.25, -0.2) is 0 Å². The minimum atomic E-state index is -0.201. The van der Waals surface area contributed by atoms with Crippen LogP contribution in [0.5, 0.6) is 0 Å². The molecule has 0 fully saturated rings. The molecule has 1 heteroatoms. The average molecular weight is 180 g/mol. The van der Waals surface area contributed by atoms with Crippen LogP contribution < -0.4 is 0 Å². The van der Waals surface area contributed by atoms with Crippen molar-refractivity contribution >= 4 is 0 Å². The first-order valence-corrected chi connectivity index (χ1v) is 5.03. The Morgan fingerprint density at radius 2 is 1.46 bits per heavy atom. The molecule has 0 aromatic rings. The molecule has 0 heterocycles. The van der Waals surface area contributed by atoms with Crippen molar-refractivity contribution in [1.29, 1.82) is 0 Å². The highest BCUT2D eigenvalue weighted by molar-refractivity contribution is 5.46. The molecule has 1 unspecified atom stereocenters. The fourth-order valence-corrected chi connectivity index (χ4v) is 2.20. The van der Waals surface area contributed by atoms with Crippen molar-refractivity contribution in [3.63, 3.8) is 0 Å². The van der Waals surface area contributed by atoms with E-state index in [2.05, 4.69) is 27.7 Å². The van der Waals surface area contributed by atoms with Crippen molar-refractivity contribution in [3.8, 4) is 0 Å². The van der Waals surface area contributed by atoms with Gasteiger partial charge in [0.1, 0.15) is 0 Å². The number of rotatable bonds is 2. The second kappa shape index (κ2) is 3.67. The Kier molecular flexibility index (Phi) is 2.97. The molecule has 74 valence electrons. The predicted octanol–water partition coefficient (Wildman–Crippen LogP) is 3.06. The minimum absolute atomic E-state index is 0.201. The molecule has 0 spiro atoms. The minimum Gasteiger partial charge on any atom is -0.392 e. The molecule has 0 aliphatic heterocycles. The summed E-state index contributed by atoms with van der Waals surface area (Å²) in [5.41, 5.74) is 5.44. The number of aliphatic hydroxyl groups is 1. The Labute approximate surface area is 81.2 Å². The highest BCUT2D eigenvalue weighted by atomic mass is 16.3. The first kappa shape index (κ1) is 10.5. The Balaban J connectivity index is 3.02. The van der Waals surface area contributed by atoms with Crippen LogP contribution in [0.1, 0.15) is 41.0 Å². The molecule has 0 amide bonds. The topological polar surface area (TPSA) is 20.2 Å². The third-order valence-corrected chi connectivity index (χ3v) is 3.48. The van der Waals surface area contributed by atoms with E-state index < -0.39 is 0 Å². The lowest BCUT2D eigenvalue weighted by Crippen LogP contribution is -2.20. The fraction of sp³-hybridized carbons (Fsp3) is 0.667. The number of hydrogen-bond donors (Lipinski definition) is 1. The highest BCUT2D eigenvalue weighted by Gasteiger charge is 2.28. The Hall–Kier alpha value is -0.560. The normalized spacial score (nSPS) is 21.7. The highest BCUT2D eigenvalue weighted by Crippen LogP contribution is 2.38. The SMILES string of the molecule is CCC(O)C1C(C)=C(C)C(C)=C1C. The third kappa shape index (κ3) is 1.58. The summed E-state index contributed by atoms with van der Waals surface area (Å²) in [6, 6.07) is 0. The quantitative estimate of drug-likeness (QED) is 0.692. The maximum atomic E-state index is 9.87. The monoisotopic (exact) mass is 180 g/mol. The van der Waals surface area contributed by atoms with Crippen molar-refractivity contribution in [2.24, 2.45) is 5.92 Å². The lowest BCUT2D eigenvalue weighted by atomic mass is 9.90. The van der Waals surface area contributed by atoms with E-state index in [9.17, 15) is 5.11 Å². The van der Waals surface area contributed by atoms with Gasteiger partial charge in [0, 0.05) is 5.92 Å². The maximum absolute atomic E-state index is 9.87. The second-order valence-electron chi connectivity index (χ2n) is 4.07. The van der Waals surface area contributed by atoms with Gasteiger partial charge in [-0.05, 0) is 45.3 Å². The molecule has 0 saturated carbocycles. The van der Waals surface area contributed by atoms with Crippen LogP contribution in [-0.2, 0) is 0 Å². The van der Waals surface area contributed by atoms with Crippen LogP contribution >= 0.6 is 0 Å². The van der Waals surface area contributed by atoms with E-state index in [4.69, 9.17) is 0 Å². The summed E-state index contributed by atoms with van der Waals surface area (Å²) in [5, 5.41) is 9.87. The van der Waals surface area contributed by atoms with E-state index in [1.165, 1.54) is 22.3 Å². The zero-order chi connectivity index (χ0) is 10.2. The van der Waals surface area contributed by atoms with Gasteiger partial charge < -0.3 is 5.11 Å². The summed E-state index contributed by atoms with van der Waals surface area (Å²) in [5.74, 6) is 0.282. The Morgan fingerprint density at radius 1 is 1.08 bits per heavy atom. The van der Waals surface area contributed by atoms with Crippen molar-refractivity contribution in [1.82, 2.24) is 0 Å². The summed E-state index contributed by atoms with van der Waals surface area (Å²) in [7, 11) is 0. The summed E-state index contributed by atoms with van der Waals surface area (Å²) in [6.07, 6.45) is 0.632. The number of aliphatic hydroxyl groups excluding tert-OH is 1. The Morgan fingerprint density at radius 3 is 1.77 bits per heavy atom. The summed E-state index contributed by atoms with van der Waals surface area (Å²) >= 11 is 0. The maximum Gasteiger partial charge on any atom is 0.0640 e. The molecule has 0 aromatic carbocycles. The van der Waals surface area contributed by atoms with E-state index in [1.807, 2.05) is 6.92 Å². The van der Waals surface area contributed by atoms with Crippen molar-refractivity contribution in [3.05, 3.63) is 22.3 Å². The van der Waals surface area contributed by atoms with Crippen LogP contribution in [0.15, 0.2) is 22.3 Å². The fourth-order valence-electron chi connectivity index (χ4n) is 2.20. The molecule has 0 aromatic heterocycles. The van der Waals surface area contributed by atoms with Crippen LogP contribution in [0, 0.1) is 5.92 Å². The van der Waals surface area contributed by atoms with Gasteiger partial charge in [-0.1, -0.05) is 18.1 Å². The molecule has 1 aliphatic carbocycles. The molecule has 0 bridgehead atoms. The van der Waals surface area contributed by atoms with Gasteiger partial charge in [-0.3, -0.25) is 0 Å². The van der Waals surface area contributed by atoms with Crippen LogP contribution in [0.4, 0.5) is 0 Å². The van der Waals surface area contributed by atoms with Gasteiger partial charge in [0.15, 0.2) is 0 Å². The molecular formula is C12H20O. The van der Waals surface area contributed by atoms with Gasteiger partial charge in [-0.15, -0.1) is 0 Å². The van der Waals surface area contributed by atoms with Crippen molar-refractivity contribution < 1.29 is 5.11 Å². The summed E-state index contributed by atoms with van der Waals surface area (Å²) < 4.78 is 0. The molecule has 1 nitrogen and oxygen atoms in total. The van der Waals surface area contributed by atoms with E-state index in [-0.39, 0.29) is 12.0 Å². The van der Waals surface area contributed by atoms with Crippen molar-refractivity contribution in [2.45, 2.75) is 47.1 Å². The lowest BCUT2D eigenvalue weighted by molar-refractivity contribution is 0.136. The van der Waals surface area contributed by atoms with Gasteiger partial charge in [0.05, 0.1) is 6.10 Å². The molecule has 0 saturated heterocycles. The molecule has 13 heavy (non-hydrogen) atoms. The molecule has 1 aliphatic rings. The van der Waals surface area contributed by atoms with Crippen LogP contribution in [-0.4, -0.2) is 11.2 Å².